The van der Waals surface area contributed by atoms with Gasteiger partial charge in [-0.15, -0.1) is 0 Å². The first-order valence-corrected chi connectivity index (χ1v) is 18.4. The van der Waals surface area contributed by atoms with Crippen molar-refractivity contribution in [2.24, 2.45) is 0 Å². The third kappa shape index (κ3) is 7.89. The summed E-state index contributed by atoms with van der Waals surface area (Å²) >= 11 is 12.8. The normalized spacial score (nSPS) is 14.3. The van der Waals surface area contributed by atoms with E-state index >= 15 is 0 Å². The van der Waals surface area contributed by atoms with Crippen molar-refractivity contribution in [2.75, 3.05) is 23.3 Å². The largest absolute Gasteiger partial charge is 0.444 e. The number of nitrogens with one attached hydrogen (secondary N) is 3. The highest BCUT2D eigenvalue weighted by molar-refractivity contribution is 6.31. The molecule has 53 heavy (non-hydrogen) atoms. The number of hydrogen-bond acceptors (Lipinski definition) is 6. The van der Waals surface area contributed by atoms with E-state index in [0.29, 0.717) is 58.7 Å². The minimum absolute atomic E-state index is 0.0255. The van der Waals surface area contributed by atoms with Gasteiger partial charge in [-0.1, -0.05) is 71.7 Å². The van der Waals surface area contributed by atoms with Crippen molar-refractivity contribution in [1.29, 1.82) is 0 Å². The molecule has 1 unspecified atom stereocenters. The van der Waals surface area contributed by atoms with Crippen LogP contribution in [0.2, 0.25) is 10.0 Å². The molecule has 12 heteroatoms. The molecule has 0 aliphatic carbocycles. The quantitative estimate of drug-likeness (QED) is 0.143. The van der Waals surface area contributed by atoms with Crippen molar-refractivity contribution in [3.8, 4) is 22.5 Å². The molecule has 1 saturated heterocycles. The van der Waals surface area contributed by atoms with Gasteiger partial charge < -0.3 is 29.8 Å². The number of nitrogens with zero attached hydrogens (tertiary/aromatic N) is 4. The van der Waals surface area contributed by atoms with Crippen LogP contribution in [0.5, 0.6) is 0 Å². The first-order valence-electron chi connectivity index (χ1n) is 17.7. The first-order chi connectivity index (χ1) is 25.4. The summed E-state index contributed by atoms with van der Waals surface area (Å²) in [6.45, 7) is 8.91. The number of halogens is 2. The molecule has 0 saturated carbocycles. The molecule has 1 aliphatic heterocycles. The molecule has 1 atom stereocenters. The zero-order valence-electron chi connectivity index (χ0n) is 30.0. The number of aromatic amines is 1. The van der Waals surface area contributed by atoms with Gasteiger partial charge in [-0.05, 0) is 82.5 Å². The topological polar surface area (TPSA) is 117 Å². The van der Waals surface area contributed by atoms with Crippen LogP contribution in [0.4, 0.5) is 16.3 Å². The van der Waals surface area contributed by atoms with Crippen LogP contribution in [-0.2, 0) is 4.74 Å². The summed E-state index contributed by atoms with van der Waals surface area (Å²) in [4.78, 5) is 42.2. The molecular weight excluding hydrogens is 709 g/mol. The highest BCUT2D eigenvalue weighted by Crippen LogP contribution is 2.42. The van der Waals surface area contributed by atoms with E-state index in [1.165, 1.54) is 0 Å². The number of carbonyl (C=O) groups is 2. The highest BCUT2D eigenvalue weighted by atomic mass is 35.5. The summed E-state index contributed by atoms with van der Waals surface area (Å²) < 4.78 is 7.56. The average Bonchev–Trinajstić information content (AvgIpc) is 3.73. The number of aromatic nitrogens is 4. The maximum absolute atomic E-state index is 14.6. The van der Waals surface area contributed by atoms with E-state index in [1.807, 2.05) is 106 Å². The highest BCUT2D eigenvalue weighted by Gasteiger charge is 2.30. The zero-order chi connectivity index (χ0) is 37.3. The maximum Gasteiger partial charge on any atom is 0.407 e. The van der Waals surface area contributed by atoms with Gasteiger partial charge in [0.15, 0.2) is 5.82 Å². The lowest BCUT2D eigenvalue weighted by atomic mass is 9.99. The number of imidazole rings is 1. The molecule has 0 bridgehead atoms. The van der Waals surface area contributed by atoms with Crippen molar-refractivity contribution < 1.29 is 14.3 Å². The molecule has 7 rings (SSSR count). The molecule has 2 amide bonds. The number of H-pyrrole nitrogens is 1. The molecule has 272 valence electrons. The number of piperidine rings is 1. The number of fused-ring (bicyclic) bond motifs is 1. The lowest BCUT2D eigenvalue weighted by Crippen LogP contribution is -2.46. The third-order valence-electron chi connectivity index (χ3n) is 9.39. The molecule has 4 heterocycles. The number of alkyl carbamates (subject to hydrolysis) is 1. The molecule has 10 nitrogen and oxygen atoms in total. The Hall–Kier alpha value is -5.32. The van der Waals surface area contributed by atoms with E-state index < -0.39 is 11.7 Å². The molecule has 1 aliphatic rings. The van der Waals surface area contributed by atoms with E-state index in [4.69, 9.17) is 32.9 Å². The summed E-state index contributed by atoms with van der Waals surface area (Å²) in [6, 6.07) is 26.8. The SMILES string of the molecule is CC(c1ccc(Cl)cc1)n1cnc(-c2ccccc2)c1-c1c(C(=O)Nc2cccnc2N2CCC(NC(=O)OC(C)(C)C)CC2)[nH]c2cc(Cl)ccc12. The second kappa shape index (κ2) is 15.0. The Bertz CT molecular complexity index is 2250. The molecule has 3 aromatic carbocycles. The lowest BCUT2D eigenvalue weighted by molar-refractivity contribution is 0.0497. The smallest absolute Gasteiger partial charge is 0.407 e. The van der Waals surface area contributed by atoms with Crippen LogP contribution in [-0.4, -0.2) is 56.3 Å². The van der Waals surface area contributed by atoms with Crippen LogP contribution in [0.1, 0.15) is 62.6 Å². The van der Waals surface area contributed by atoms with Gasteiger partial charge >= 0.3 is 6.09 Å². The molecule has 3 aromatic heterocycles. The predicted octanol–water partition coefficient (Wildman–Crippen LogP) is 9.76. The van der Waals surface area contributed by atoms with Crippen molar-refractivity contribution in [3.63, 3.8) is 0 Å². The Morgan fingerprint density at radius 3 is 2.36 bits per heavy atom. The minimum Gasteiger partial charge on any atom is -0.444 e. The number of hydrogen-bond donors (Lipinski definition) is 3. The second-order valence-corrected chi connectivity index (χ2v) is 15.1. The summed E-state index contributed by atoms with van der Waals surface area (Å²) in [7, 11) is 0. The summed E-state index contributed by atoms with van der Waals surface area (Å²) in [5.41, 5.74) is 5.25. The van der Waals surface area contributed by atoms with Gasteiger partial charge in [0.25, 0.3) is 5.91 Å². The Labute approximate surface area is 318 Å². The fourth-order valence-electron chi connectivity index (χ4n) is 6.84. The van der Waals surface area contributed by atoms with Gasteiger partial charge in [0.05, 0.1) is 29.4 Å². The van der Waals surface area contributed by atoms with Crippen molar-refractivity contribution >= 4 is 57.6 Å². The van der Waals surface area contributed by atoms with Crippen LogP contribution in [0.25, 0.3) is 33.4 Å². The minimum atomic E-state index is -0.569. The number of benzene rings is 3. The van der Waals surface area contributed by atoms with Crippen molar-refractivity contribution in [2.45, 2.75) is 58.2 Å². The van der Waals surface area contributed by atoms with Gasteiger partial charge in [0.2, 0.25) is 0 Å². The molecule has 1 fully saturated rings. The van der Waals surface area contributed by atoms with E-state index in [9.17, 15) is 9.59 Å². The van der Waals surface area contributed by atoms with E-state index in [-0.39, 0.29) is 18.0 Å². The number of amides is 2. The van der Waals surface area contributed by atoms with E-state index in [2.05, 4.69) is 37.0 Å². The lowest BCUT2D eigenvalue weighted by Gasteiger charge is -2.34. The Kier molecular flexibility index (Phi) is 10.2. The molecular formula is C41H41Cl2N7O3. The number of anilines is 2. The van der Waals surface area contributed by atoms with Gasteiger partial charge in [0, 0.05) is 57.4 Å². The molecule has 0 spiro atoms. The number of pyridine rings is 1. The molecule has 0 radical (unpaired) electrons. The Morgan fingerprint density at radius 1 is 0.925 bits per heavy atom. The van der Waals surface area contributed by atoms with E-state index in [0.717, 1.165) is 33.4 Å². The average molecular weight is 751 g/mol. The van der Waals surface area contributed by atoms with Crippen LogP contribution in [0.15, 0.2) is 97.5 Å². The van der Waals surface area contributed by atoms with Crippen LogP contribution in [0, 0.1) is 0 Å². The fraction of sp³-hybridized carbons (Fsp3) is 0.268. The summed E-state index contributed by atoms with van der Waals surface area (Å²) in [5.74, 6) is 0.317. The van der Waals surface area contributed by atoms with Gasteiger partial charge in [-0.25, -0.2) is 14.8 Å². The number of rotatable bonds is 8. The fourth-order valence-corrected chi connectivity index (χ4v) is 7.14. The Balaban J connectivity index is 1.25. The maximum atomic E-state index is 14.6. The third-order valence-corrected chi connectivity index (χ3v) is 9.87. The summed E-state index contributed by atoms with van der Waals surface area (Å²) in [5, 5.41) is 8.19. The Morgan fingerprint density at radius 2 is 1.64 bits per heavy atom. The molecule has 6 aromatic rings. The van der Waals surface area contributed by atoms with Crippen molar-refractivity contribution in [1.82, 2.24) is 24.8 Å². The number of ether oxygens (including phenoxy) is 1. The summed E-state index contributed by atoms with van der Waals surface area (Å²) in [6.07, 6.45) is 4.53. The monoisotopic (exact) mass is 749 g/mol. The van der Waals surface area contributed by atoms with Gasteiger partial charge in [0.1, 0.15) is 11.3 Å². The number of carbonyl (C=O) groups excluding carboxylic acids is 2. The van der Waals surface area contributed by atoms with Gasteiger partial charge in [-0.3, -0.25) is 4.79 Å². The van der Waals surface area contributed by atoms with Crippen LogP contribution >= 0.6 is 23.2 Å². The zero-order valence-corrected chi connectivity index (χ0v) is 31.5. The standard InChI is InChI=1S/C41H41Cl2N7O3/c1-25(26-12-14-28(42)15-13-26)50-24-45-35(27-9-6-5-7-10-27)37(50)34-31-17-16-29(43)23-33(31)47-36(34)39(51)48-32-11-8-20-44-38(32)49-21-18-30(19-22-49)46-40(52)53-41(2,3)4/h5-17,20,23-25,30,47H,18-19,21-22H2,1-4H3,(H,46,52)(H,48,51). The van der Waals surface area contributed by atoms with Crippen molar-refractivity contribution in [3.05, 3.63) is 119 Å². The van der Waals surface area contributed by atoms with Crippen LogP contribution in [0.3, 0.4) is 0 Å². The van der Waals surface area contributed by atoms with Gasteiger partial charge in [-0.2, -0.15) is 0 Å². The molecule has 3 N–H and O–H groups in total. The predicted molar refractivity (Wildman–Crippen MR) is 212 cm³/mol. The van der Waals surface area contributed by atoms with Crippen LogP contribution < -0.4 is 15.5 Å². The first kappa shape index (κ1) is 36.1. The van der Waals surface area contributed by atoms with E-state index in [1.54, 1.807) is 12.3 Å². The second-order valence-electron chi connectivity index (χ2n) is 14.2.